The molecule has 0 nitrogen and oxygen atoms in total. The highest BCUT2D eigenvalue weighted by molar-refractivity contribution is 7.79. The van der Waals surface area contributed by atoms with Crippen molar-refractivity contribution in [2.45, 2.75) is 40.5 Å². The topological polar surface area (TPSA) is 0 Å². The van der Waals surface area contributed by atoms with Crippen molar-refractivity contribution in [1.29, 1.82) is 0 Å². The minimum absolute atomic E-state index is 0.742. The summed E-state index contributed by atoms with van der Waals surface area (Å²) in [5.74, 6) is 0. The lowest BCUT2D eigenvalue weighted by Gasteiger charge is -2.25. The van der Waals surface area contributed by atoms with E-state index in [1.54, 1.807) is 5.57 Å². The fraction of sp³-hybridized carbons (Fsp3) is 0.692. The lowest BCUT2D eigenvalue weighted by molar-refractivity contribution is 1.13. The van der Waals surface area contributed by atoms with Gasteiger partial charge in [0.1, 0.15) is 0 Å². The fourth-order valence-electron chi connectivity index (χ4n) is 2.60. The van der Waals surface area contributed by atoms with Crippen molar-refractivity contribution in [2.75, 3.05) is 18.5 Å². The van der Waals surface area contributed by atoms with Crippen molar-refractivity contribution in [2.24, 2.45) is 0 Å². The molecule has 0 aromatic carbocycles. The Hall–Kier alpha value is -0.0900. The predicted octanol–water partition coefficient (Wildman–Crippen LogP) is 4.69. The van der Waals surface area contributed by atoms with E-state index in [1.807, 2.05) is 5.31 Å². The Morgan fingerprint density at radius 2 is 1.64 bits per heavy atom. The average Bonchev–Trinajstić information content (AvgIpc) is 2.70. The summed E-state index contributed by atoms with van der Waals surface area (Å²) in [6, 6.07) is 0. The molecule has 0 fully saturated rings. The van der Waals surface area contributed by atoms with E-state index in [0.29, 0.717) is 0 Å². The number of allylic oxidation sites excluding steroid dienone is 4. The summed E-state index contributed by atoms with van der Waals surface area (Å²) >= 11 is 0. The van der Waals surface area contributed by atoms with Crippen LogP contribution in [0.3, 0.4) is 0 Å². The molecule has 14 heavy (non-hydrogen) atoms. The molecular formula is C13H24P+. The van der Waals surface area contributed by atoms with Gasteiger partial charge in [-0.1, -0.05) is 19.1 Å². The first-order valence-corrected chi connectivity index (χ1v) is 8.33. The van der Waals surface area contributed by atoms with Crippen LogP contribution in [-0.2, 0) is 0 Å². The van der Waals surface area contributed by atoms with Gasteiger partial charge in [-0.3, -0.25) is 0 Å². The summed E-state index contributed by atoms with van der Waals surface area (Å²) in [4.78, 5) is 0. The molecule has 0 saturated heterocycles. The largest absolute Gasteiger partial charge is 0.0784 e. The van der Waals surface area contributed by atoms with Crippen LogP contribution in [-0.4, -0.2) is 18.5 Å². The standard InChI is InChI=1S/C13H24P/c1-5-12-10-9-11-13(12)14(6-2,7-3)8-4/h9-10H,5-8,11H2,1-4H3/q+1. The van der Waals surface area contributed by atoms with Gasteiger partial charge in [-0.15, -0.1) is 0 Å². The minimum Gasteiger partial charge on any atom is -0.0764 e. The van der Waals surface area contributed by atoms with Gasteiger partial charge in [0, 0.05) is 13.7 Å². The molecule has 0 spiro atoms. The molecule has 80 valence electrons. The van der Waals surface area contributed by atoms with Crippen LogP contribution >= 0.6 is 7.26 Å². The van der Waals surface area contributed by atoms with E-state index in [9.17, 15) is 0 Å². The quantitative estimate of drug-likeness (QED) is 0.579. The summed E-state index contributed by atoms with van der Waals surface area (Å²) in [6.07, 6.45) is 11.4. The average molecular weight is 211 g/mol. The molecule has 0 bridgehead atoms. The van der Waals surface area contributed by atoms with Gasteiger partial charge in [-0.05, 0) is 32.8 Å². The van der Waals surface area contributed by atoms with Crippen LogP contribution in [0.25, 0.3) is 0 Å². The molecule has 1 aliphatic carbocycles. The van der Waals surface area contributed by atoms with Gasteiger partial charge in [0.25, 0.3) is 0 Å². The van der Waals surface area contributed by atoms with E-state index < -0.39 is 7.26 Å². The van der Waals surface area contributed by atoms with E-state index in [-0.39, 0.29) is 0 Å². The third-order valence-corrected chi connectivity index (χ3v) is 9.02. The second-order valence-corrected chi connectivity index (χ2v) is 8.75. The zero-order valence-electron chi connectivity index (χ0n) is 10.1. The molecule has 0 aromatic rings. The van der Waals surface area contributed by atoms with Crippen molar-refractivity contribution >= 4 is 7.26 Å². The Labute approximate surface area is 89.8 Å². The third kappa shape index (κ3) is 1.96. The molecule has 0 aromatic heterocycles. The summed E-state index contributed by atoms with van der Waals surface area (Å²) in [5, 5.41) is 1.84. The first-order valence-electron chi connectivity index (χ1n) is 5.99. The lowest BCUT2D eigenvalue weighted by Crippen LogP contribution is -2.06. The Balaban J connectivity index is 3.00. The summed E-state index contributed by atoms with van der Waals surface area (Å²) in [6.45, 7) is 9.46. The maximum Gasteiger partial charge on any atom is 0.0784 e. The van der Waals surface area contributed by atoms with Crippen LogP contribution in [0.2, 0.25) is 0 Å². The summed E-state index contributed by atoms with van der Waals surface area (Å²) in [5.41, 5.74) is 1.66. The highest BCUT2D eigenvalue weighted by Crippen LogP contribution is 2.68. The highest BCUT2D eigenvalue weighted by Gasteiger charge is 2.38. The fourth-order valence-corrected chi connectivity index (χ4v) is 6.43. The van der Waals surface area contributed by atoms with E-state index in [2.05, 4.69) is 39.8 Å². The zero-order valence-corrected chi connectivity index (χ0v) is 11.0. The van der Waals surface area contributed by atoms with Gasteiger partial charge in [0.15, 0.2) is 0 Å². The minimum atomic E-state index is -0.742. The van der Waals surface area contributed by atoms with Crippen LogP contribution in [0.5, 0.6) is 0 Å². The predicted molar refractivity (Wildman–Crippen MR) is 69.6 cm³/mol. The van der Waals surface area contributed by atoms with Crippen molar-refractivity contribution < 1.29 is 0 Å². The number of hydrogen-bond donors (Lipinski definition) is 0. The molecule has 0 unspecified atom stereocenters. The monoisotopic (exact) mass is 211 g/mol. The lowest BCUT2D eigenvalue weighted by atomic mass is 10.2. The molecule has 1 heteroatoms. The summed E-state index contributed by atoms with van der Waals surface area (Å²) < 4.78 is 0. The van der Waals surface area contributed by atoms with Crippen molar-refractivity contribution in [1.82, 2.24) is 0 Å². The van der Waals surface area contributed by atoms with Crippen molar-refractivity contribution in [3.05, 3.63) is 23.0 Å². The van der Waals surface area contributed by atoms with E-state index in [0.717, 1.165) is 0 Å². The number of hydrogen-bond acceptors (Lipinski definition) is 0. The molecule has 0 atom stereocenters. The first kappa shape index (κ1) is 12.0. The number of rotatable bonds is 5. The Morgan fingerprint density at radius 1 is 1.07 bits per heavy atom. The Kier molecular flexibility index (Phi) is 4.38. The zero-order chi connectivity index (χ0) is 10.6. The smallest absolute Gasteiger partial charge is 0.0764 e. The molecule has 1 rings (SSSR count). The van der Waals surface area contributed by atoms with Gasteiger partial charge in [0.2, 0.25) is 0 Å². The van der Waals surface area contributed by atoms with Crippen LogP contribution in [0.4, 0.5) is 0 Å². The Bertz CT molecular complexity index is 236. The van der Waals surface area contributed by atoms with Gasteiger partial charge in [0.05, 0.1) is 23.8 Å². The van der Waals surface area contributed by atoms with Gasteiger partial charge < -0.3 is 0 Å². The summed E-state index contributed by atoms with van der Waals surface area (Å²) in [7, 11) is -0.742. The molecule has 0 radical (unpaired) electrons. The molecule has 0 aliphatic heterocycles. The second kappa shape index (κ2) is 5.12. The van der Waals surface area contributed by atoms with Crippen LogP contribution in [0, 0.1) is 0 Å². The Morgan fingerprint density at radius 3 is 2.07 bits per heavy atom. The second-order valence-electron chi connectivity index (χ2n) is 4.03. The van der Waals surface area contributed by atoms with Gasteiger partial charge >= 0.3 is 0 Å². The molecule has 0 heterocycles. The normalized spacial score (nSPS) is 16.9. The van der Waals surface area contributed by atoms with Crippen LogP contribution in [0.1, 0.15) is 40.5 Å². The molecule has 0 saturated carbocycles. The van der Waals surface area contributed by atoms with Crippen LogP contribution in [0.15, 0.2) is 23.0 Å². The van der Waals surface area contributed by atoms with Gasteiger partial charge in [-0.2, -0.15) is 0 Å². The maximum atomic E-state index is 2.39. The SMILES string of the molecule is CCC1=C([P+](CC)(CC)CC)CC=C1. The molecular weight excluding hydrogens is 187 g/mol. The van der Waals surface area contributed by atoms with Crippen molar-refractivity contribution in [3.8, 4) is 0 Å². The highest BCUT2D eigenvalue weighted by atomic mass is 31.2. The van der Waals surface area contributed by atoms with Crippen LogP contribution < -0.4 is 0 Å². The maximum absolute atomic E-state index is 2.39. The van der Waals surface area contributed by atoms with E-state index in [1.165, 1.54) is 31.3 Å². The molecule has 0 amide bonds. The van der Waals surface area contributed by atoms with E-state index >= 15 is 0 Å². The molecule has 1 aliphatic rings. The first-order chi connectivity index (χ1) is 6.74. The molecule has 0 N–H and O–H groups in total. The third-order valence-electron chi connectivity index (χ3n) is 3.77. The van der Waals surface area contributed by atoms with Gasteiger partial charge in [-0.25, -0.2) is 0 Å². The van der Waals surface area contributed by atoms with Crippen molar-refractivity contribution in [3.63, 3.8) is 0 Å². The van der Waals surface area contributed by atoms with E-state index in [4.69, 9.17) is 0 Å².